The third kappa shape index (κ3) is 4.52. The summed E-state index contributed by atoms with van der Waals surface area (Å²) in [6, 6.07) is 0.696. The molecule has 90 valence electrons. The second-order valence-corrected chi connectivity index (χ2v) is 6.17. The Morgan fingerprint density at radius 3 is 2.40 bits per heavy atom. The van der Waals surface area contributed by atoms with Gasteiger partial charge in [0.1, 0.15) is 0 Å². The fourth-order valence-electron chi connectivity index (χ4n) is 2.61. The third-order valence-electron chi connectivity index (χ3n) is 3.50. The van der Waals surface area contributed by atoms with Crippen LogP contribution in [0.2, 0.25) is 0 Å². The molecule has 0 aromatic heterocycles. The Kier molecular flexibility index (Phi) is 4.60. The van der Waals surface area contributed by atoms with Crippen LogP contribution >= 0.6 is 0 Å². The summed E-state index contributed by atoms with van der Waals surface area (Å²) in [6.07, 6.45) is 5.51. The maximum absolute atomic E-state index is 6.01. The van der Waals surface area contributed by atoms with Crippen LogP contribution in [0.1, 0.15) is 53.4 Å². The number of hydrogen-bond acceptors (Lipinski definition) is 2. The predicted molar refractivity (Wildman–Crippen MR) is 66.9 cm³/mol. The maximum Gasteiger partial charge on any atom is 0.0223 e. The van der Waals surface area contributed by atoms with Crippen molar-refractivity contribution in [3.05, 3.63) is 0 Å². The van der Waals surface area contributed by atoms with Crippen molar-refractivity contribution in [2.75, 3.05) is 6.54 Å². The molecule has 0 saturated heterocycles. The van der Waals surface area contributed by atoms with Crippen molar-refractivity contribution in [1.82, 2.24) is 5.32 Å². The first-order chi connectivity index (χ1) is 6.90. The smallest absolute Gasteiger partial charge is 0.0223 e. The second kappa shape index (κ2) is 5.31. The van der Waals surface area contributed by atoms with Crippen LogP contribution in [-0.4, -0.2) is 18.1 Å². The normalized spacial score (nSPS) is 28.4. The molecular formula is C13H28N2. The molecule has 15 heavy (non-hydrogen) atoms. The predicted octanol–water partition coefficient (Wildman–Crippen LogP) is 2.53. The molecule has 0 aliphatic heterocycles. The molecule has 0 radical (unpaired) electrons. The van der Waals surface area contributed by atoms with Crippen LogP contribution < -0.4 is 11.1 Å². The Bertz CT molecular complexity index is 181. The minimum Gasteiger partial charge on any atom is -0.324 e. The van der Waals surface area contributed by atoms with Crippen molar-refractivity contribution in [3.63, 3.8) is 0 Å². The van der Waals surface area contributed by atoms with E-state index in [2.05, 4.69) is 33.0 Å². The van der Waals surface area contributed by atoms with E-state index < -0.39 is 0 Å². The van der Waals surface area contributed by atoms with E-state index in [1.807, 2.05) is 0 Å². The van der Waals surface area contributed by atoms with E-state index in [4.69, 9.17) is 5.73 Å². The zero-order valence-corrected chi connectivity index (χ0v) is 10.8. The first kappa shape index (κ1) is 13.0. The molecule has 1 saturated carbocycles. The van der Waals surface area contributed by atoms with Gasteiger partial charge in [0.05, 0.1) is 0 Å². The van der Waals surface area contributed by atoms with Crippen molar-refractivity contribution in [2.45, 2.75) is 65.0 Å². The molecule has 0 bridgehead atoms. The SMILES string of the molecule is CC(C)C1CCCCC1NCC(C)(C)N. The molecule has 0 heterocycles. The topological polar surface area (TPSA) is 38.0 Å². The van der Waals surface area contributed by atoms with E-state index >= 15 is 0 Å². The lowest BCUT2D eigenvalue weighted by Crippen LogP contribution is -2.50. The van der Waals surface area contributed by atoms with Crippen LogP contribution in [0.4, 0.5) is 0 Å². The molecule has 0 aromatic rings. The molecule has 2 atom stereocenters. The number of nitrogens with two attached hydrogens (primary N) is 1. The van der Waals surface area contributed by atoms with Crippen LogP contribution in [-0.2, 0) is 0 Å². The van der Waals surface area contributed by atoms with Crippen LogP contribution in [0, 0.1) is 11.8 Å². The van der Waals surface area contributed by atoms with E-state index in [0.29, 0.717) is 6.04 Å². The van der Waals surface area contributed by atoms with Gasteiger partial charge in [-0.2, -0.15) is 0 Å². The van der Waals surface area contributed by atoms with E-state index in [9.17, 15) is 0 Å². The molecule has 2 nitrogen and oxygen atoms in total. The van der Waals surface area contributed by atoms with Gasteiger partial charge < -0.3 is 11.1 Å². The summed E-state index contributed by atoms with van der Waals surface area (Å²) >= 11 is 0. The summed E-state index contributed by atoms with van der Waals surface area (Å²) in [7, 11) is 0. The average Bonchev–Trinajstić information content (AvgIpc) is 2.14. The van der Waals surface area contributed by atoms with Gasteiger partial charge in [0.25, 0.3) is 0 Å². The largest absolute Gasteiger partial charge is 0.324 e. The van der Waals surface area contributed by atoms with Crippen LogP contribution in [0.5, 0.6) is 0 Å². The van der Waals surface area contributed by atoms with Gasteiger partial charge in [-0.25, -0.2) is 0 Å². The van der Waals surface area contributed by atoms with Crippen molar-refractivity contribution in [2.24, 2.45) is 17.6 Å². The molecule has 1 aliphatic carbocycles. The highest BCUT2D eigenvalue weighted by Crippen LogP contribution is 2.30. The average molecular weight is 212 g/mol. The molecule has 3 N–H and O–H groups in total. The number of nitrogens with one attached hydrogen (secondary N) is 1. The molecule has 0 amide bonds. The Morgan fingerprint density at radius 2 is 1.87 bits per heavy atom. The van der Waals surface area contributed by atoms with Crippen LogP contribution in [0.25, 0.3) is 0 Å². The molecular weight excluding hydrogens is 184 g/mol. The fourth-order valence-corrected chi connectivity index (χ4v) is 2.61. The molecule has 1 aliphatic rings. The molecule has 1 rings (SSSR count). The van der Waals surface area contributed by atoms with Gasteiger partial charge in [-0.05, 0) is 38.5 Å². The van der Waals surface area contributed by atoms with Crippen molar-refractivity contribution < 1.29 is 0 Å². The maximum atomic E-state index is 6.01. The van der Waals surface area contributed by atoms with Gasteiger partial charge in [0, 0.05) is 18.1 Å². The first-order valence-corrected chi connectivity index (χ1v) is 6.42. The van der Waals surface area contributed by atoms with Gasteiger partial charge in [0.2, 0.25) is 0 Å². The lowest BCUT2D eigenvalue weighted by Gasteiger charge is -2.36. The van der Waals surface area contributed by atoms with Gasteiger partial charge >= 0.3 is 0 Å². The Balaban J connectivity index is 2.43. The van der Waals surface area contributed by atoms with E-state index in [0.717, 1.165) is 18.4 Å². The highest BCUT2D eigenvalue weighted by atomic mass is 15.0. The number of hydrogen-bond donors (Lipinski definition) is 2. The Labute approximate surface area is 95.0 Å². The van der Waals surface area contributed by atoms with Gasteiger partial charge in [0.15, 0.2) is 0 Å². The lowest BCUT2D eigenvalue weighted by molar-refractivity contribution is 0.198. The van der Waals surface area contributed by atoms with Crippen molar-refractivity contribution >= 4 is 0 Å². The van der Waals surface area contributed by atoms with E-state index in [1.54, 1.807) is 0 Å². The minimum absolute atomic E-state index is 0.0843. The highest BCUT2D eigenvalue weighted by Gasteiger charge is 2.27. The van der Waals surface area contributed by atoms with Crippen LogP contribution in [0.3, 0.4) is 0 Å². The monoisotopic (exact) mass is 212 g/mol. The highest BCUT2D eigenvalue weighted by molar-refractivity contribution is 4.86. The first-order valence-electron chi connectivity index (χ1n) is 6.42. The Hall–Kier alpha value is -0.0800. The van der Waals surface area contributed by atoms with E-state index in [-0.39, 0.29) is 5.54 Å². The zero-order chi connectivity index (χ0) is 11.5. The summed E-state index contributed by atoms with van der Waals surface area (Å²) < 4.78 is 0. The third-order valence-corrected chi connectivity index (χ3v) is 3.50. The van der Waals surface area contributed by atoms with Gasteiger partial charge in [-0.1, -0.05) is 26.7 Å². The summed E-state index contributed by atoms with van der Waals surface area (Å²) in [5.41, 5.74) is 5.93. The fraction of sp³-hybridized carbons (Fsp3) is 1.00. The molecule has 2 unspecified atom stereocenters. The quantitative estimate of drug-likeness (QED) is 0.751. The number of rotatable bonds is 4. The minimum atomic E-state index is -0.0843. The van der Waals surface area contributed by atoms with E-state index in [1.165, 1.54) is 25.7 Å². The van der Waals surface area contributed by atoms with Crippen molar-refractivity contribution in [3.8, 4) is 0 Å². The summed E-state index contributed by atoms with van der Waals surface area (Å²) in [5.74, 6) is 1.64. The lowest BCUT2D eigenvalue weighted by atomic mass is 9.77. The van der Waals surface area contributed by atoms with Gasteiger partial charge in [-0.3, -0.25) is 0 Å². The van der Waals surface area contributed by atoms with Crippen LogP contribution in [0.15, 0.2) is 0 Å². The zero-order valence-electron chi connectivity index (χ0n) is 10.8. The second-order valence-electron chi connectivity index (χ2n) is 6.17. The summed E-state index contributed by atoms with van der Waals surface area (Å²) in [4.78, 5) is 0. The molecule has 0 aromatic carbocycles. The molecule has 2 heteroatoms. The van der Waals surface area contributed by atoms with Gasteiger partial charge in [-0.15, -0.1) is 0 Å². The molecule has 0 spiro atoms. The summed E-state index contributed by atoms with van der Waals surface area (Å²) in [5, 5.41) is 3.67. The standard InChI is InChI=1S/C13H28N2/c1-10(2)11-7-5-6-8-12(11)15-9-13(3,4)14/h10-12,15H,5-9,14H2,1-4H3. The summed E-state index contributed by atoms with van der Waals surface area (Å²) in [6.45, 7) is 9.80. The Morgan fingerprint density at radius 1 is 1.27 bits per heavy atom. The van der Waals surface area contributed by atoms with Crippen molar-refractivity contribution in [1.29, 1.82) is 0 Å². The molecule has 1 fully saturated rings.